The molecule has 1 aromatic carbocycles. The molecule has 2 aromatic heterocycles. The number of carboxylic acids is 1. The molecule has 0 fully saturated rings. The Morgan fingerprint density at radius 2 is 1.86 bits per heavy atom. The number of aromatic hydroxyl groups is 1. The number of nitrogens with zero attached hydrogens (tertiary/aromatic N) is 3. The fourth-order valence-electron chi connectivity index (χ4n) is 2.56. The van der Waals surface area contributed by atoms with Crippen molar-refractivity contribution in [2.45, 2.75) is 6.92 Å². The number of amides is 1. The van der Waals surface area contributed by atoms with E-state index in [-0.39, 0.29) is 11.4 Å². The van der Waals surface area contributed by atoms with E-state index < -0.39 is 18.4 Å². The van der Waals surface area contributed by atoms with Gasteiger partial charge >= 0.3 is 5.97 Å². The topological polar surface area (TPSA) is 117 Å². The van der Waals surface area contributed by atoms with E-state index >= 15 is 0 Å². The van der Waals surface area contributed by atoms with Crippen molar-refractivity contribution in [3.05, 3.63) is 58.1 Å². The molecule has 0 spiro atoms. The van der Waals surface area contributed by atoms with E-state index in [1.54, 1.807) is 42.2 Å². The van der Waals surface area contributed by atoms with Crippen molar-refractivity contribution in [1.29, 1.82) is 0 Å². The second kappa shape index (κ2) is 7.87. The van der Waals surface area contributed by atoms with Crippen molar-refractivity contribution in [2.24, 2.45) is 0 Å². The Morgan fingerprint density at radius 1 is 1.18 bits per heavy atom. The molecule has 3 aromatic rings. The van der Waals surface area contributed by atoms with Gasteiger partial charge in [-0.1, -0.05) is 23.2 Å². The molecule has 3 N–H and O–H groups in total. The van der Waals surface area contributed by atoms with Gasteiger partial charge in [0.25, 0.3) is 5.91 Å². The van der Waals surface area contributed by atoms with Crippen LogP contribution < -0.4 is 5.32 Å². The maximum absolute atomic E-state index is 12.0. The predicted molar refractivity (Wildman–Crippen MR) is 103 cm³/mol. The molecule has 3 rings (SSSR count). The van der Waals surface area contributed by atoms with Gasteiger partial charge in [-0.15, -0.1) is 0 Å². The Balaban J connectivity index is 1.93. The molecule has 0 atom stereocenters. The lowest BCUT2D eigenvalue weighted by Crippen LogP contribution is -2.30. The van der Waals surface area contributed by atoms with Crippen LogP contribution in [0.1, 0.15) is 16.1 Å². The van der Waals surface area contributed by atoms with Gasteiger partial charge in [0.1, 0.15) is 12.3 Å². The van der Waals surface area contributed by atoms with Crippen molar-refractivity contribution in [3.63, 3.8) is 0 Å². The molecular weight excluding hydrogens is 407 g/mol. The standard InChI is InChI=1S/C18H14Cl2N4O4/c1-9-14(6-21-16(17(9)27)18(28)22-7-15(25)26)10-5-23-24(8-10)13-3-11(19)2-12(20)4-13/h2-6,8,27H,7H2,1H3,(H,22,28)(H,25,26). The SMILES string of the molecule is Cc1c(-c2cnn(-c3cc(Cl)cc(Cl)c3)c2)cnc(C(=O)NCC(=O)O)c1O. The van der Waals surface area contributed by atoms with Crippen LogP contribution in [0.3, 0.4) is 0 Å². The summed E-state index contributed by atoms with van der Waals surface area (Å²) in [5.41, 5.74) is 2.01. The third kappa shape index (κ3) is 4.08. The lowest BCUT2D eigenvalue weighted by atomic mass is 10.0. The first-order chi connectivity index (χ1) is 13.3. The fourth-order valence-corrected chi connectivity index (χ4v) is 3.08. The molecule has 1 amide bonds. The second-order valence-corrected chi connectivity index (χ2v) is 6.74. The van der Waals surface area contributed by atoms with Gasteiger partial charge in [0.05, 0.1) is 11.9 Å². The molecule has 0 aliphatic carbocycles. The average molecular weight is 421 g/mol. The number of hydrogen-bond donors (Lipinski definition) is 3. The number of aliphatic carboxylic acids is 1. The number of carbonyl (C=O) groups excluding carboxylic acids is 1. The molecule has 0 aliphatic rings. The highest BCUT2D eigenvalue weighted by Crippen LogP contribution is 2.31. The van der Waals surface area contributed by atoms with E-state index in [1.807, 2.05) is 0 Å². The summed E-state index contributed by atoms with van der Waals surface area (Å²) in [6, 6.07) is 5.00. The highest BCUT2D eigenvalue weighted by atomic mass is 35.5. The van der Waals surface area contributed by atoms with Crippen LogP contribution in [0.4, 0.5) is 0 Å². The Morgan fingerprint density at radius 3 is 2.50 bits per heavy atom. The van der Waals surface area contributed by atoms with Gasteiger partial charge in [-0.25, -0.2) is 9.67 Å². The molecule has 0 saturated heterocycles. The van der Waals surface area contributed by atoms with Crippen LogP contribution in [0.25, 0.3) is 16.8 Å². The first-order valence-corrected chi connectivity index (χ1v) is 8.72. The van der Waals surface area contributed by atoms with Crippen LogP contribution in [0, 0.1) is 6.92 Å². The van der Waals surface area contributed by atoms with Gasteiger partial charge in [-0.05, 0) is 25.1 Å². The number of hydrogen-bond acceptors (Lipinski definition) is 5. The molecule has 0 radical (unpaired) electrons. The number of pyridine rings is 1. The van der Waals surface area contributed by atoms with E-state index in [9.17, 15) is 14.7 Å². The Kier molecular flexibility index (Phi) is 5.53. The summed E-state index contributed by atoms with van der Waals surface area (Å²) in [5.74, 6) is -2.31. The molecule has 28 heavy (non-hydrogen) atoms. The minimum Gasteiger partial charge on any atom is -0.505 e. The summed E-state index contributed by atoms with van der Waals surface area (Å²) < 4.78 is 1.57. The Bertz CT molecular complexity index is 1060. The maximum Gasteiger partial charge on any atom is 0.322 e. The number of aromatic nitrogens is 3. The summed E-state index contributed by atoms with van der Waals surface area (Å²) in [7, 11) is 0. The van der Waals surface area contributed by atoms with Crippen molar-refractivity contribution >= 4 is 35.1 Å². The first-order valence-electron chi connectivity index (χ1n) is 7.96. The van der Waals surface area contributed by atoms with Crippen LogP contribution in [0.15, 0.2) is 36.8 Å². The van der Waals surface area contributed by atoms with E-state index in [0.29, 0.717) is 32.4 Å². The molecule has 0 saturated carbocycles. The minimum absolute atomic E-state index is 0.253. The predicted octanol–water partition coefficient (Wildman–Crippen LogP) is 3.07. The number of carboxylic acid groups (broad SMARTS) is 1. The molecule has 2 heterocycles. The van der Waals surface area contributed by atoms with Crippen LogP contribution in [0.2, 0.25) is 10.0 Å². The Hall–Kier alpha value is -3.10. The number of halogens is 2. The molecular formula is C18H14Cl2N4O4. The smallest absolute Gasteiger partial charge is 0.322 e. The second-order valence-electron chi connectivity index (χ2n) is 5.87. The monoisotopic (exact) mass is 420 g/mol. The molecule has 0 aliphatic heterocycles. The third-order valence-corrected chi connectivity index (χ3v) is 4.36. The highest BCUT2D eigenvalue weighted by Gasteiger charge is 2.19. The molecule has 10 heteroatoms. The molecule has 144 valence electrons. The zero-order valence-electron chi connectivity index (χ0n) is 14.5. The van der Waals surface area contributed by atoms with Crippen molar-refractivity contribution in [1.82, 2.24) is 20.1 Å². The highest BCUT2D eigenvalue weighted by molar-refractivity contribution is 6.34. The average Bonchev–Trinajstić information content (AvgIpc) is 3.11. The molecule has 0 unspecified atom stereocenters. The largest absolute Gasteiger partial charge is 0.505 e. The number of carbonyl (C=O) groups is 2. The van der Waals surface area contributed by atoms with Gasteiger partial charge in [-0.3, -0.25) is 9.59 Å². The quantitative estimate of drug-likeness (QED) is 0.583. The molecule has 8 nitrogen and oxygen atoms in total. The van der Waals surface area contributed by atoms with E-state index in [1.165, 1.54) is 6.20 Å². The summed E-state index contributed by atoms with van der Waals surface area (Å²) in [4.78, 5) is 26.5. The zero-order valence-corrected chi connectivity index (χ0v) is 16.0. The van der Waals surface area contributed by atoms with Crippen molar-refractivity contribution in [2.75, 3.05) is 6.54 Å². The number of rotatable bonds is 5. The van der Waals surface area contributed by atoms with E-state index in [0.717, 1.165) is 0 Å². The number of nitrogens with one attached hydrogen (secondary N) is 1. The third-order valence-electron chi connectivity index (χ3n) is 3.93. The van der Waals surface area contributed by atoms with Gasteiger partial charge in [0.2, 0.25) is 0 Å². The van der Waals surface area contributed by atoms with Gasteiger partial charge in [0.15, 0.2) is 5.69 Å². The first kappa shape index (κ1) is 19.7. The van der Waals surface area contributed by atoms with E-state index in [2.05, 4.69) is 15.4 Å². The van der Waals surface area contributed by atoms with E-state index in [4.69, 9.17) is 28.3 Å². The van der Waals surface area contributed by atoms with Crippen molar-refractivity contribution < 1.29 is 19.8 Å². The van der Waals surface area contributed by atoms with Gasteiger partial charge in [-0.2, -0.15) is 5.10 Å². The summed E-state index contributed by atoms with van der Waals surface area (Å²) in [6.45, 7) is 1.05. The van der Waals surface area contributed by atoms with Crippen LogP contribution >= 0.6 is 23.2 Å². The fraction of sp³-hybridized carbons (Fsp3) is 0.111. The maximum atomic E-state index is 12.0. The summed E-state index contributed by atoms with van der Waals surface area (Å²) in [6.07, 6.45) is 4.69. The Labute approximate surface area is 169 Å². The van der Waals surface area contributed by atoms with Gasteiger partial charge in [0, 0.05) is 39.1 Å². The van der Waals surface area contributed by atoms with Crippen LogP contribution in [-0.2, 0) is 4.79 Å². The zero-order chi connectivity index (χ0) is 20.4. The lowest BCUT2D eigenvalue weighted by molar-refractivity contribution is -0.135. The van der Waals surface area contributed by atoms with Crippen LogP contribution in [0.5, 0.6) is 5.75 Å². The lowest BCUT2D eigenvalue weighted by Gasteiger charge is -2.10. The summed E-state index contributed by atoms with van der Waals surface area (Å²) in [5, 5.41) is 26.3. The molecule has 0 bridgehead atoms. The van der Waals surface area contributed by atoms with Crippen molar-refractivity contribution in [3.8, 4) is 22.6 Å². The minimum atomic E-state index is -1.20. The summed E-state index contributed by atoms with van der Waals surface area (Å²) >= 11 is 12.0. The van der Waals surface area contributed by atoms with Gasteiger partial charge < -0.3 is 15.5 Å². The number of benzene rings is 1. The normalized spacial score (nSPS) is 10.7. The van der Waals surface area contributed by atoms with Crippen LogP contribution in [-0.4, -0.2) is 43.4 Å².